The quantitative estimate of drug-likeness (QED) is 0.424. The van der Waals surface area contributed by atoms with Crippen LogP contribution < -0.4 is 15.4 Å². The molecule has 2 aromatic rings. The number of nitro groups is 1. The monoisotopic (exact) mass is 437 g/mol. The fraction of sp³-hybridized carbons (Fsp3) is 0.176. The predicted octanol–water partition coefficient (Wildman–Crippen LogP) is 4.11. The Labute approximate surface area is 164 Å². The first kappa shape index (κ1) is 19.8. The number of non-ortho nitro benzene ring substituents is 1. The van der Waals surface area contributed by atoms with Crippen LogP contribution in [0.4, 0.5) is 11.4 Å². The molecule has 7 nitrogen and oxygen atoms in total. The molecule has 0 bridgehead atoms. The van der Waals surface area contributed by atoms with Crippen molar-refractivity contribution in [1.29, 1.82) is 0 Å². The number of carbonyl (C=O) groups excluding carboxylic acids is 1. The molecule has 0 atom stereocenters. The minimum Gasteiger partial charge on any atom is -0.496 e. The second-order valence-electron chi connectivity index (χ2n) is 5.47. The highest BCUT2D eigenvalue weighted by molar-refractivity contribution is 9.10. The molecule has 1 amide bonds. The molecule has 0 heterocycles. The molecule has 0 aliphatic carbocycles. The number of nitro benzene ring substituents is 1. The van der Waals surface area contributed by atoms with Crippen LogP contribution in [0.2, 0.25) is 0 Å². The standard InChI is InChI=1S/C17H16BrN3O4S/c1-9-7-12(21(23)24)4-5-14(9)19-17(26)20-16(22)13-8-11(18)6-10(2)15(13)25-3/h4-8H,1-3H3,(H2,19,20,22,26). The van der Waals surface area contributed by atoms with Crippen molar-refractivity contribution in [3.05, 3.63) is 61.6 Å². The molecule has 0 spiro atoms. The first-order valence-electron chi connectivity index (χ1n) is 7.44. The smallest absolute Gasteiger partial charge is 0.269 e. The van der Waals surface area contributed by atoms with E-state index in [9.17, 15) is 14.9 Å². The van der Waals surface area contributed by atoms with Crippen LogP contribution in [0.1, 0.15) is 21.5 Å². The highest BCUT2D eigenvalue weighted by Crippen LogP contribution is 2.28. The molecule has 0 fully saturated rings. The molecule has 136 valence electrons. The Morgan fingerprint density at radius 2 is 1.92 bits per heavy atom. The summed E-state index contributed by atoms with van der Waals surface area (Å²) in [4.78, 5) is 22.8. The highest BCUT2D eigenvalue weighted by atomic mass is 79.9. The van der Waals surface area contributed by atoms with Gasteiger partial charge in [0.2, 0.25) is 0 Å². The van der Waals surface area contributed by atoms with Crippen LogP contribution in [-0.4, -0.2) is 23.1 Å². The fourth-order valence-corrected chi connectivity index (χ4v) is 3.17. The summed E-state index contributed by atoms with van der Waals surface area (Å²) in [6.45, 7) is 3.54. The Kier molecular flexibility index (Phi) is 6.27. The van der Waals surface area contributed by atoms with E-state index in [1.165, 1.54) is 25.3 Å². The third kappa shape index (κ3) is 4.55. The second kappa shape index (κ2) is 8.24. The van der Waals surface area contributed by atoms with Crippen molar-refractivity contribution in [1.82, 2.24) is 5.32 Å². The Hall–Kier alpha value is -2.52. The number of thiocarbonyl (C=S) groups is 1. The average molecular weight is 438 g/mol. The number of ether oxygens (including phenoxy) is 1. The van der Waals surface area contributed by atoms with E-state index in [1.54, 1.807) is 13.0 Å². The molecule has 26 heavy (non-hydrogen) atoms. The minimum absolute atomic E-state index is 0.0163. The van der Waals surface area contributed by atoms with E-state index in [2.05, 4.69) is 26.6 Å². The second-order valence-corrected chi connectivity index (χ2v) is 6.79. The van der Waals surface area contributed by atoms with Gasteiger partial charge in [0.05, 0.1) is 17.6 Å². The van der Waals surface area contributed by atoms with Crippen LogP contribution in [0.25, 0.3) is 0 Å². The number of anilines is 1. The number of rotatable bonds is 4. The molecule has 0 aliphatic rings. The van der Waals surface area contributed by atoms with Gasteiger partial charge in [-0.25, -0.2) is 0 Å². The lowest BCUT2D eigenvalue weighted by molar-refractivity contribution is -0.384. The lowest BCUT2D eigenvalue weighted by atomic mass is 10.1. The van der Waals surface area contributed by atoms with E-state index in [-0.39, 0.29) is 10.8 Å². The maximum Gasteiger partial charge on any atom is 0.269 e. The summed E-state index contributed by atoms with van der Waals surface area (Å²) in [6.07, 6.45) is 0. The number of benzene rings is 2. The molecule has 2 N–H and O–H groups in total. The average Bonchev–Trinajstić information content (AvgIpc) is 2.55. The summed E-state index contributed by atoms with van der Waals surface area (Å²) in [7, 11) is 1.49. The van der Waals surface area contributed by atoms with Crippen LogP contribution in [0, 0.1) is 24.0 Å². The van der Waals surface area contributed by atoms with E-state index in [0.29, 0.717) is 22.6 Å². The van der Waals surface area contributed by atoms with Crippen molar-refractivity contribution in [3.63, 3.8) is 0 Å². The summed E-state index contributed by atoms with van der Waals surface area (Å²) in [5.74, 6) is 0.0309. The summed E-state index contributed by atoms with van der Waals surface area (Å²) in [6, 6.07) is 7.80. The van der Waals surface area contributed by atoms with Crippen LogP contribution in [0.5, 0.6) is 5.75 Å². The van der Waals surface area contributed by atoms with Gasteiger partial charge in [0, 0.05) is 22.3 Å². The molecule has 0 saturated carbocycles. The van der Waals surface area contributed by atoms with Gasteiger partial charge in [-0.3, -0.25) is 20.2 Å². The molecule has 2 aromatic carbocycles. The van der Waals surface area contributed by atoms with Gasteiger partial charge in [0.15, 0.2) is 5.11 Å². The van der Waals surface area contributed by atoms with Crippen LogP contribution in [0.15, 0.2) is 34.8 Å². The van der Waals surface area contributed by atoms with Crippen molar-refractivity contribution < 1.29 is 14.5 Å². The van der Waals surface area contributed by atoms with Crippen molar-refractivity contribution in [3.8, 4) is 5.75 Å². The molecule has 2 rings (SSSR count). The zero-order valence-electron chi connectivity index (χ0n) is 14.3. The lowest BCUT2D eigenvalue weighted by Gasteiger charge is -2.14. The van der Waals surface area contributed by atoms with E-state index < -0.39 is 10.8 Å². The maximum absolute atomic E-state index is 12.5. The number of amides is 1. The van der Waals surface area contributed by atoms with Crippen LogP contribution >= 0.6 is 28.1 Å². The van der Waals surface area contributed by atoms with Gasteiger partial charge >= 0.3 is 0 Å². The van der Waals surface area contributed by atoms with Gasteiger partial charge in [0.25, 0.3) is 11.6 Å². The molecule has 0 radical (unpaired) electrons. The van der Waals surface area contributed by atoms with Gasteiger partial charge in [-0.05, 0) is 55.4 Å². The highest BCUT2D eigenvalue weighted by Gasteiger charge is 2.17. The first-order chi connectivity index (χ1) is 12.2. The number of methoxy groups -OCH3 is 1. The number of hydrogen-bond acceptors (Lipinski definition) is 5. The molecule has 9 heteroatoms. The van der Waals surface area contributed by atoms with E-state index in [4.69, 9.17) is 17.0 Å². The van der Waals surface area contributed by atoms with E-state index in [0.717, 1.165) is 10.0 Å². The Morgan fingerprint density at radius 3 is 2.50 bits per heavy atom. The zero-order valence-corrected chi connectivity index (χ0v) is 16.7. The van der Waals surface area contributed by atoms with Crippen LogP contribution in [-0.2, 0) is 0 Å². The Morgan fingerprint density at radius 1 is 1.23 bits per heavy atom. The maximum atomic E-state index is 12.5. The lowest BCUT2D eigenvalue weighted by Crippen LogP contribution is -2.34. The fourth-order valence-electron chi connectivity index (χ4n) is 2.40. The summed E-state index contributed by atoms with van der Waals surface area (Å²) in [5, 5.41) is 16.3. The van der Waals surface area contributed by atoms with Gasteiger partial charge in [-0.1, -0.05) is 15.9 Å². The number of aryl methyl sites for hydroxylation is 2. The molecule has 0 saturated heterocycles. The van der Waals surface area contributed by atoms with Crippen molar-refractivity contribution in [2.45, 2.75) is 13.8 Å². The summed E-state index contributed by atoms with van der Waals surface area (Å²) >= 11 is 8.53. The molecular formula is C17H16BrN3O4S. The Balaban J connectivity index is 2.16. The number of nitrogens with zero attached hydrogens (tertiary/aromatic N) is 1. The summed E-state index contributed by atoms with van der Waals surface area (Å²) in [5.41, 5.74) is 2.32. The third-order valence-corrected chi connectivity index (χ3v) is 4.25. The number of halogens is 1. The number of carbonyl (C=O) groups is 1. The summed E-state index contributed by atoms with van der Waals surface area (Å²) < 4.78 is 6.04. The van der Waals surface area contributed by atoms with Gasteiger partial charge < -0.3 is 10.1 Å². The first-order valence-corrected chi connectivity index (χ1v) is 8.64. The Bertz CT molecular complexity index is 902. The predicted molar refractivity (Wildman–Crippen MR) is 107 cm³/mol. The molecule has 0 aromatic heterocycles. The SMILES string of the molecule is COc1c(C)cc(Br)cc1C(=O)NC(=S)Nc1ccc([N+](=O)[O-])cc1C. The zero-order chi connectivity index (χ0) is 19.4. The van der Waals surface area contributed by atoms with E-state index >= 15 is 0 Å². The van der Waals surface area contributed by atoms with Crippen molar-refractivity contribution in [2.24, 2.45) is 0 Å². The molecule has 0 aliphatic heterocycles. The molecule has 0 unspecified atom stereocenters. The normalized spacial score (nSPS) is 10.2. The van der Waals surface area contributed by atoms with Crippen LogP contribution in [0.3, 0.4) is 0 Å². The van der Waals surface area contributed by atoms with E-state index in [1.807, 2.05) is 13.0 Å². The topological polar surface area (TPSA) is 93.5 Å². The largest absolute Gasteiger partial charge is 0.496 e. The van der Waals surface area contributed by atoms with Crippen molar-refractivity contribution in [2.75, 3.05) is 12.4 Å². The van der Waals surface area contributed by atoms with Gasteiger partial charge in [-0.2, -0.15) is 0 Å². The number of nitrogens with one attached hydrogen (secondary N) is 2. The van der Waals surface area contributed by atoms with Gasteiger partial charge in [0.1, 0.15) is 5.75 Å². The van der Waals surface area contributed by atoms with Gasteiger partial charge in [-0.15, -0.1) is 0 Å². The number of hydrogen-bond donors (Lipinski definition) is 2. The molecular weight excluding hydrogens is 422 g/mol. The van der Waals surface area contributed by atoms with Crippen molar-refractivity contribution >= 4 is 50.5 Å². The minimum atomic E-state index is -0.473. The third-order valence-electron chi connectivity index (χ3n) is 3.58.